The minimum atomic E-state index is -2.31. The predicted octanol–water partition coefficient (Wildman–Crippen LogP) is -4.37. The Morgan fingerprint density at radius 2 is 1.73 bits per heavy atom. The number of hydrogen-bond donors (Lipinski definition) is 7. The number of rotatable bonds is 4. The van der Waals surface area contributed by atoms with Crippen LogP contribution in [0.1, 0.15) is 6.42 Å². The zero-order valence-electron chi connectivity index (χ0n) is 11.7. The molecule has 2 heterocycles. The van der Waals surface area contributed by atoms with Gasteiger partial charge in [0.2, 0.25) is 5.79 Å². The molecule has 0 bridgehead atoms. The van der Waals surface area contributed by atoms with E-state index in [1.54, 1.807) is 0 Å². The van der Waals surface area contributed by atoms with Crippen molar-refractivity contribution in [1.82, 2.24) is 0 Å². The molecule has 2 saturated heterocycles. The molecule has 0 spiro atoms. The summed E-state index contributed by atoms with van der Waals surface area (Å²) in [4.78, 5) is 0. The molecule has 7 N–H and O–H groups in total. The van der Waals surface area contributed by atoms with Gasteiger partial charge < -0.3 is 50.0 Å². The highest BCUT2D eigenvalue weighted by Gasteiger charge is 2.48. The zero-order valence-corrected chi connectivity index (χ0v) is 11.7. The van der Waals surface area contributed by atoms with Crippen LogP contribution in [0.3, 0.4) is 0 Å². The van der Waals surface area contributed by atoms with Gasteiger partial charge in [0.15, 0.2) is 6.29 Å². The van der Waals surface area contributed by atoms with Crippen molar-refractivity contribution in [1.29, 1.82) is 0 Å². The van der Waals surface area contributed by atoms with Crippen molar-refractivity contribution < 1.29 is 50.0 Å². The third-order valence-electron chi connectivity index (χ3n) is 3.83. The smallest absolute Gasteiger partial charge is 0.218 e. The fraction of sp³-hybridized carbons (Fsp3) is 1.00. The summed E-state index contributed by atoms with van der Waals surface area (Å²) in [5.41, 5.74) is 0. The van der Waals surface area contributed by atoms with Crippen LogP contribution in [0.15, 0.2) is 0 Å². The van der Waals surface area contributed by atoms with Gasteiger partial charge in [-0.15, -0.1) is 0 Å². The molecular formula is C12H22O10. The average molecular weight is 326 g/mol. The van der Waals surface area contributed by atoms with Crippen LogP contribution >= 0.6 is 0 Å². The molecule has 0 aromatic heterocycles. The van der Waals surface area contributed by atoms with E-state index < -0.39 is 55.3 Å². The molecule has 0 aromatic rings. The number of hydrogen-bond acceptors (Lipinski definition) is 10. The van der Waals surface area contributed by atoms with E-state index in [4.69, 9.17) is 19.3 Å². The minimum absolute atomic E-state index is 0.0720. The second-order valence-corrected chi connectivity index (χ2v) is 5.57. The Balaban J connectivity index is 1.89. The highest BCUT2D eigenvalue weighted by molar-refractivity contribution is 4.90. The Kier molecular flexibility index (Phi) is 5.72. The second kappa shape index (κ2) is 7.01. The maximum Gasteiger partial charge on any atom is 0.218 e. The van der Waals surface area contributed by atoms with Crippen LogP contribution in [-0.2, 0) is 14.2 Å². The largest absolute Gasteiger partial charge is 0.391 e. The van der Waals surface area contributed by atoms with E-state index >= 15 is 0 Å². The van der Waals surface area contributed by atoms with Gasteiger partial charge >= 0.3 is 0 Å². The molecule has 0 aliphatic carbocycles. The lowest BCUT2D eigenvalue weighted by Gasteiger charge is -2.42. The van der Waals surface area contributed by atoms with E-state index in [2.05, 4.69) is 0 Å². The van der Waals surface area contributed by atoms with E-state index in [9.17, 15) is 30.6 Å². The maximum atomic E-state index is 9.86. The van der Waals surface area contributed by atoms with Gasteiger partial charge in [-0.25, -0.2) is 0 Å². The lowest BCUT2D eigenvalue weighted by atomic mass is 9.95. The van der Waals surface area contributed by atoms with Gasteiger partial charge in [0.05, 0.1) is 32.0 Å². The lowest BCUT2D eigenvalue weighted by molar-refractivity contribution is -0.345. The van der Waals surface area contributed by atoms with Crippen molar-refractivity contribution in [3.63, 3.8) is 0 Å². The molecule has 0 amide bonds. The highest BCUT2D eigenvalue weighted by atomic mass is 16.7. The molecule has 0 radical (unpaired) electrons. The molecule has 2 aliphatic heterocycles. The van der Waals surface area contributed by atoms with Crippen LogP contribution in [-0.4, -0.2) is 104 Å². The quantitative estimate of drug-likeness (QED) is 0.268. The first kappa shape index (κ1) is 17.9. The van der Waals surface area contributed by atoms with Crippen LogP contribution < -0.4 is 0 Å². The van der Waals surface area contributed by atoms with Crippen molar-refractivity contribution in [2.45, 2.75) is 55.1 Å². The highest BCUT2D eigenvalue weighted by Crippen LogP contribution is 2.28. The van der Waals surface area contributed by atoms with Gasteiger partial charge in [-0.05, 0) is 0 Å². The summed E-state index contributed by atoms with van der Waals surface area (Å²) < 4.78 is 15.4. The third-order valence-corrected chi connectivity index (χ3v) is 3.83. The van der Waals surface area contributed by atoms with E-state index in [1.165, 1.54) is 0 Å². The fourth-order valence-electron chi connectivity index (χ4n) is 2.47. The van der Waals surface area contributed by atoms with E-state index in [-0.39, 0.29) is 19.6 Å². The normalized spacial score (nSPS) is 50.0. The zero-order chi connectivity index (χ0) is 16.5. The molecule has 8 atom stereocenters. The van der Waals surface area contributed by atoms with Gasteiger partial charge in [-0.2, -0.15) is 0 Å². The second-order valence-electron chi connectivity index (χ2n) is 5.57. The van der Waals surface area contributed by atoms with Crippen LogP contribution in [0.25, 0.3) is 0 Å². The van der Waals surface area contributed by atoms with Crippen molar-refractivity contribution in [3.8, 4) is 0 Å². The molecule has 1 unspecified atom stereocenters. The molecule has 0 aromatic carbocycles. The van der Waals surface area contributed by atoms with Gasteiger partial charge in [0.25, 0.3) is 0 Å². The molecule has 10 nitrogen and oxygen atoms in total. The van der Waals surface area contributed by atoms with Crippen LogP contribution in [0.5, 0.6) is 0 Å². The Morgan fingerprint density at radius 3 is 2.36 bits per heavy atom. The van der Waals surface area contributed by atoms with Crippen molar-refractivity contribution in [3.05, 3.63) is 0 Å². The van der Waals surface area contributed by atoms with Crippen LogP contribution in [0.2, 0.25) is 0 Å². The summed E-state index contributed by atoms with van der Waals surface area (Å²) in [5, 5.41) is 66.7. The first-order chi connectivity index (χ1) is 10.3. The van der Waals surface area contributed by atoms with Gasteiger partial charge in [-0.3, -0.25) is 0 Å². The third kappa shape index (κ3) is 3.57. The van der Waals surface area contributed by atoms with Crippen LogP contribution in [0, 0.1) is 0 Å². The summed E-state index contributed by atoms with van der Waals surface area (Å²) >= 11 is 0. The number of aliphatic hydroxyl groups is 7. The average Bonchev–Trinajstić information content (AvgIpc) is 2.49. The molecule has 2 rings (SSSR count). The minimum Gasteiger partial charge on any atom is -0.391 e. The first-order valence-electron chi connectivity index (χ1n) is 6.93. The van der Waals surface area contributed by atoms with Crippen molar-refractivity contribution in [2.24, 2.45) is 0 Å². The maximum absolute atomic E-state index is 9.86. The van der Waals surface area contributed by atoms with Crippen molar-refractivity contribution in [2.75, 3.05) is 19.8 Å². The number of ether oxygens (including phenoxy) is 3. The van der Waals surface area contributed by atoms with E-state index in [0.717, 1.165) is 0 Å². The molecule has 2 aliphatic rings. The Morgan fingerprint density at radius 1 is 1.05 bits per heavy atom. The monoisotopic (exact) mass is 326 g/mol. The molecule has 22 heavy (non-hydrogen) atoms. The predicted molar refractivity (Wildman–Crippen MR) is 67.3 cm³/mol. The molecule has 0 saturated carbocycles. The fourth-order valence-corrected chi connectivity index (χ4v) is 2.47. The van der Waals surface area contributed by atoms with Gasteiger partial charge in [-0.1, -0.05) is 0 Å². The molecular weight excluding hydrogens is 304 g/mol. The summed E-state index contributed by atoms with van der Waals surface area (Å²) in [6.07, 6.45) is -9.28. The van der Waals surface area contributed by atoms with Gasteiger partial charge in [0, 0.05) is 6.42 Å². The molecule has 2 fully saturated rings. The summed E-state index contributed by atoms with van der Waals surface area (Å²) in [6.45, 7) is -1.39. The number of aliphatic hydroxyl groups excluding tert-OH is 6. The van der Waals surface area contributed by atoms with Crippen molar-refractivity contribution >= 4 is 0 Å². The topological polar surface area (TPSA) is 169 Å². The lowest BCUT2D eigenvalue weighted by Crippen LogP contribution is -2.61. The summed E-state index contributed by atoms with van der Waals surface area (Å²) in [6, 6.07) is 0. The SMILES string of the molecule is OCC1(O)O[C@H](CO[C@@H]2OC[C@@H](O)[C@H](O)[C@H]2O)C[C@@H](O)[C@H]1O. The Hall–Kier alpha value is -0.400. The Bertz CT molecular complexity index is 368. The standard InChI is InChI=1S/C12H22O10/c13-4-12(19)10(18)6(14)1-5(22-12)2-20-11-9(17)8(16)7(15)3-21-11/h5-11,13-19H,1-4H2/t5-,6+,7+,8-,9+,10+,11+,12?/m0/s1. The molecule has 10 heteroatoms. The van der Waals surface area contributed by atoms with E-state index in [0.29, 0.717) is 0 Å². The summed E-state index contributed by atoms with van der Waals surface area (Å²) in [5.74, 6) is -2.31. The van der Waals surface area contributed by atoms with E-state index in [1.807, 2.05) is 0 Å². The van der Waals surface area contributed by atoms with Crippen LogP contribution in [0.4, 0.5) is 0 Å². The van der Waals surface area contributed by atoms with Gasteiger partial charge in [0.1, 0.15) is 24.4 Å². The summed E-state index contributed by atoms with van der Waals surface area (Å²) in [7, 11) is 0. The Labute approximate surface area is 126 Å². The molecule has 130 valence electrons. The first-order valence-corrected chi connectivity index (χ1v) is 6.93.